The molecule has 128 valence electrons. The smallest absolute Gasteiger partial charge is 0.184 e. The molecule has 0 bridgehead atoms. The molecule has 0 spiro atoms. The van der Waals surface area contributed by atoms with Crippen LogP contribution in [0.5, 0.6) is 5.75 Å². The van der Waals surface area contributed by atoms with E-state index in [1.165, 1.54) is 11.1 Å². The van der Waals surface area contributed by atoms with Gasteiger partial charge >= 0.3 is 0 Å². The summed E-state index contributed by atoms with van der Waals surface area (Å²) in [7, 11) is 0. The highest BCUT2D eigenvalue weighted by atomic mass is 16.7. The number of nitrogens with one attached hydrogen (secondary N) is 1. The van der Waals surface area contributed by atoms with E-state index in [9.17, 15) is 0 Å². The Bertz CT molecular complexity index is 618. The van der Waals surface area contributed by atoms with Crippen LogP contribution in [0.2, 0.25) is 0 Å². The Kier molecular flexibility index (Phi) is 5.86. The van der Waals surface area contributed by atoms with Gasteiger partial charge in [0.1, 0.15) is 5.75 Å². The average Bonchev–Trinajstić information content (AvgIpc) is 3.16. The molecule has 0 amide bonds. The summed E-state index contributed by atoms with van der Waals surface area (Å²) in [4.78, 5) is 0. The van der Waals surface area contributed by atoms with Crippen molar-refractivity contribution in [2.24, 2.45) is 0 Å². The van der Waals surface area contributed by atoms with Crippen LogP contribution in [-0.4, -0.2) is 19.8 Å². The first-order valence-corrected chi connectivity index (χ1v) is 8.54. The van der Waals surface area contributed by atoms with Crippen LogP contribution in [0.4, 0.5) is 0 Å². The molecule has 24 heavy (non-hydrogen) atoms. The molecular formula is C20H25NO3. The lowest BCUT2D eigenvalue weighted by molar-refractivity contribution is -0.0441. The van der Waals surface area contributed by atoms with Gasteiger partial charge in [-0.2, -0.15) is 0 Å². The third-order valence-electron chi connectivity index (χ3n) is 4.18. The third kappa shape index (κ3) is 4.35. The monoisotopic (exact) mass is 327 g/mol. The maximum atomic E-state index is 5.51. The predicted molar refractivity (Wildman–Crippen MR) is 94.0 cm³/mol. The van der Waals surface area contributed by atoms with Crippen LogP contribution in [0, 0.1) is 0 Å². The molecule has 2 aromatic carbocycles. The van der Waals surface area contributed by atoms with Crippen LogP contribution >= 0.6 is 0 Å². The van der Waals surface area contributed by atoms with Crippen LogP contribution in [0.15, 0.2) is 48.5 Å². The number of ether oxygens (including phenoxy) is 3. The summed E-state index contributed by atoms with van der Waals surface area (Å²) in [5.41, 5.74) is 3.58. The highest BCUT2D eigenvalue weighted by Gasteiger charge is 2.17. The molecule has 2 aromatic rings. The minimum absolute atomic E-state index is 0.199. The third-order valence-corrected chi connectivity index (χ3v) is 4.18. The van der Waals surface area contributed by atoms with Gasteiger partial charge in [0.25, 0.3) is 0 Å². The zero-order valence-electron chi connectivity index (χ0n) is 14.3. The van der Waals surface area contributed by atoms with Crippen molar-refractivity contribution in [2.75, 3.05) is 19.8 Å². The fraction of sp³-hybridized carbons (Fsp3) is 0.400. The first kappa shape index (κ1) is 17.0. The van der Waals surface area contributed by atoms with Crippen LogP contribution in [0.25, 0.3) is 0 Å². The molecule has 0 aliphatic carbocycles. The summed E-state index contributed by atoms with van der Waals surface area (Å²) in [6, 6.07) is 16.9. The molecule has 1 atom stereocenters. The molecule has 1 N–H and O–H groups in total. The Morgan fingerprint density at radius 1 is 1.04 bits per heavy atom. The van der Waals surface area contributed by atoms with E-state index in [4.69, 9.17) is 14.2 Å². The highest BCUT2D eigenvalue weighted by molar-refractivity contribution is 5.29. The fourth-order valence-corrected chi connectivity index (χ4v) is 2.75. The predicted octanol–water partition coefficient (Wildman–Crippen LogP) is 3.98. The number of hydrogen-bond acceptors (Lipinski definition) is 4. The van der Waals surface area contributed by atoms with Crippen molar-refractivity contribution in [2.45, 2.75) is 32.7 Å². The quantitative estimate of drug-likeness (QED) is 0.835. The zero-order chi connectivity index (χ0) is 16.8. The molecule has 0 radical (unpaired) electrons. The second-order valence-electron chi connectivity index (χ2n) is 5.92. The SMILES string of the molecule is CCOc1ccc([C@@H](C)NCc2ccc(C3OCCO3)cc2)cc1. The largest absolute Gasteiger partial charge is 0.494 e. The van der Waals surface area contributed by atoms with E-state index >= 15 is 0 Å². The van der Waals surface area contributed by atoms with Gasteiger partial charge in [-0.1, -0.05) is 36.4 Å². The van der Waals surface area contributed by atoms with E-state index in [1.807, 2.05) is 19.1 Å². The van der Waals surface area contributed by atoms with Gasteiger partial charge in [0, 0.05) is 18.2 Å². The molecule has 1 heterocycles. The van der Waals surface area contributed by atoms with Gasteiger partial charge in [0.2, 0.25) is 0 Å². The minimum Gasteiger partial charge on any atom is -0.494 e. The highest BCUT2D eigenvalue weighted by Crippen LogP contribution is 2.23. The molecule has 1 aliphatic rings. The summed E-state index contributed by atoms with van der Waals surface area (Å²) in [5, 5.41) is 3.55. The van der Waals surface area contributed by atoms with E-state index < -0.39 is 0 Å². The Labute approximate surface area is 143 Å². The molecule has 0 saturated carbocycles. The summed E-state index contributed by atoms with van der Waals surface area (Å²) in [6.07, 6.45) is -0.199. The maximum absolute atomic E-state index is 5.51. The molecule has 1 saturated heterocycles. The Morgan fingerprint density at radius 2 is 1.71 bits per heavy atom. The molecule has 4 nitrogen and oxygen atoms in total. The van der Waals surface area contributed by atoms with E-state index in [-0.39, 0.29) is 12.3 Å². The van der Waals surface area contributed by atoms with Crippen LogP contribution in [-0.2, 0) is 16.0 Å². The molecule has 0 aromatic heterocycles. The molecule has 4 heteroatoms. The molecule has 1 aliphatic heterocycles. The molecule has 3 rings (SSSR count). The van der Waals surface area contributed by atoms with Crippen molar-refractivity contribution < 1.29 is 14.2 Å². The summed E-state index contributed by atoms with van der Waals surface area (Å²) in [6.45, 7) is 7.03. The fourth-order valence-electron chi connectivity index (χ4n) is 2.75. The van der Waals surface area contributed by atoms with Gasteiger partial charge in [0.05, 0.1) is 19.8 Å². The topological polar surface area (TPSA) is 39.7 Å². The number of benzene rings is 2. The van der Waals surface area contributed by atoms with Gasteiger partial charge in [0.15, 0.2) is 6.29 Å². The van der Waals surface area contributed by atoms with Crippen LogP contribution in [0.3, 0.4) is 0 Å². The van der Waals surface area contributed by atoms with Gasteiger partial charge < -0.3 is 19.5 Å². The molecular weight excluding hydrogens is 302 g/mol. The van der Waals surface area contributed by atoms with E-state index in [1.54, 1.807) is 0 Å². The lowest BCUT2D eigenvalue weighted by atomic mass is 10.1. The van der Waals surface area contributed by atoms with E-state index in [0.29, 0.717) is 19.8 Å². The Morgan fingerprint density at radius 3 is 2.33 bits per heavy atom. The average molecular weight is 327 g/mol. The number of hydrogen-bond donors (Lipinski definition) is 1. The second kappa shape index (κ2) is 8.29. The van der Waals surface area contributed by atoms with Crippen LogP contribution < -0.4 is 10.1 Å². The first-order valence-electron chi connectivity index (χ1n) is 8.54. The Balaban J connectivity index is 1.52. The summed E-state index contributed by atoms with van der Waals surface area (Å²) >= 11 is 0. The van der Waals surface area contributed by atoms with E-state index in [0.717, 1.165) is 17.9 Å². The minimum atomic E-state index is -0.199. The van der Waals surface area contributed by atoms with Gasteiger partial charge in [-0.3, -0.25) is 0 Å². The summed E-state index contributed by atoms with van der Waals surface area (Å²) < 4.78 is 16.5. The van der Waals surface area contributed by atoms with Crippen molar-refractivity contribution in [3.05, 3.63) is 65.2 Å². The normalized spacial score (nSPS) is 16.2. The Hall–Kier alpha value is -1.88. The molecule has 0 unspecified atom stereocenters. The first-order chi connectivity index (χ1) is 11.8. The van der Waals surface area contributed by atoms with Gasteiger partial charge in [-0.05, 0) is 37.1 Å². The second-order valence-corrected chi connectivity index (χ2v) is 5.92. The van der Waals surface area contributed by atoms with Crippen LogP contribution in [0.1, 0.15) is 42.9 Å². The standard InChI is InChI=1S/C20H25NO3/c1-3-22-19-10-8-17(9-11-19)15(2)21-14-16-4-6-18(7-5-16)20-23-12-13-24-20/h4-11,15,20-21H,3,12-14H2,1-2H3/t15-/m1/s1. The van der Waals surface area contributed by atoms with Gasteiger partial charge in [-0.15, -0.1) is 0 Å². The molecule has 1 fully saturated rings. The van der Waals surface area contributed by atoms with Crippen molar-refractivity contribution in [1.29, 1.82) is 0 Å². The lowest BCUT2D eigenvalue weighted by Crippen LogP contribution is -2.18. The van der Waals surface area contributed by atoms with Crippen molar-refractivity contribution in [1.82, 2.24) is 5.32 Å². The lowest BCUT2D eigenvalue weighted by Gasteiger charge is -2.15. The summed E-state index contributed by atoms with van der Waals surface area (Å²) in [5.74, 6) is 0.917. The van der Waals surface area contributed by atoms with Gasteiger partial charge in [-0.25, -0.2) is 0 Å². The number of rotatable bonds is 7. The van der Waals surface area contributed by atoms with Crippen molar-refractivity contribution in [3.8, 4) is 5.75 Å². The van der Waals surface area contributed by atoms with E-state index in [2.05, 4.69) is 48.6 Å². The maximum Gasteiger partial charge on any atom is 0.184 e. The van der Waals surface area contributed by atoms with Crippen molar-refractivity contribution in [3.63, 3.8) is 0 Å². The zero-order valence-corrected chi connectivity index (χ0v) is 14.3. The van der Waals surface area contributed by atoms with Crippen molar-refractivity contribution >= 4 is 0 Å².